The highest BCUT2D eigenvalue weighted by Gasteiger charge is 2.45. The topological polar surface area (TPSA) is 118 Å². The molecular formula is C63H74N5O5+. The van der Waals surface area contributed by atoms with Gasteiger partial charge in [0.1, 0.15) is 24.7 Å². The Morgan fingerprint density at radius 2 is 1.59 bits per heavy atom. The van der Waals surface area contributed by atoms with E-state index in [1.165, 1.54) is 45.5 Å². The average Bonchev–Trinajstić information content (AvgIpc) is 3.94. The average molecular weight is 981 g/mol. The molecular weight excluding hydrogens is 907 g/mol. The lowest BCUT2D eigenvalue weighted by molar-refractivity contribution is -0.437. The number of nitrogens with one attached hydrogen (secondary N) is 2. The molecule has 4 aliphatic rings. The maximum Gasteiger partial charge on any atom is 0.219 e. The molecule has 9 rings (SSSR count). The number of H-pyrrole nitrogens is 1. The number of rotatable bonds is 21. The number of hydrogen-bond donors (Lipinski definition) is 3. The normalized spacial score (nSPS) is 18.9. The van der Waals surface area contributed by atoms with E-state index in [1.807, 2.05) is 30.5 Å². The van der Waals surface area contributed by atoms with Crippen molar-refractivity contribution >= 4 is 45.5 Å². The van der Waals surface area contributed by atoms with E-state index in [2.05, 4.69) is 140 Å². The van der Waals surface area contributed by atoms with Crippen LogP contribution in [-0.2, 0) is 32.4 Å². The fourth-order valence-electron chi connectivity index (χ4n) is 11.9. The van der Waals surface area contributed by atoms with Crippen molar-refractivity contribution in [1.82, 2.24) is 15.2 Å². The Labute approximate surface area is 432 Å². The predicted octanol–water partition coefficient (Wildman–Crippen LogP) is 12.6. The van der Waals surface area contributed by atoms with Crippen molar-refractivity contribution in [2.24, 2.45) is 0 Å². The number of Topliss-reactive ketones (excluding diaryl/α,β-unsaturated/α-hetero) is 2. The van der Waals surface area contributed by atoms with Crippen molar-refractivity contribution in [3.05, 3.63) is 166 Å². The molecule has 0 aliphatic carbocycles. The molecule has 4 aliphatic heterocycles. The van der Waals surface area contributed by atoms with Crippen molar-refractivity contribution in [3.8, 4) is 11.5 Å². The van der Waals surface area contributed by atoms with Crippen LogP contribution in [0.25, 0.3) is 10.9 Å². The molecule has 1 aromatic heterocycles. The number of ketones is 2. The van der Waals surface area contributed by atoms with E-state index in [0.29, 0.717) is 42.8 Å². The summed E-state index contributed by atoms with van der Waals surface area (Å²) in [5.74, 6) is 0.586. The molecule has 3 N–H and O–H groups in total. The molecule has 73 heavy (non-hydrogen) atoms. The van der Waals surface area contributed by atoms with Crippen LogP contribution in [0, 0.1) is 0 Å². The first-order valence-electron chi connectivity index (χ1n) is 26.7. The number of benzene rings is 4. The zero-order chi connectivity index (χ0) is 51.5. The molecule has 1 amide bonds. The lowest BCUT2D eigenvalue weighted by Gasteiger charge is -2.47. The van der Waals surface area contributed by atoms with Crippen LogP contribution >= 0.6 is 0 Å². The molecule has 4 aromatic carbocycles. The number of aromatic nitrogens is 1. The maximum absolute atomic E-state index is 13.4. The zero-order valence-electron chi connectivity index (χ0n) is 44.1. The molecule has 380 valence electrons. The lowest BCUT2D eigenvalue weighted by atomic mass is 9.78. The molecule has 10 nitrogen and oxygen atoms in total. The molecule has 0 spiro atoms. The first kappa shape index (κ1) is 51.0. The smallest absolute Gasteiger partial charge is 0.219 e. The van der Waals surface area contributed by atoms with Crippen LogP contribution in [0.2, 0.25) is 0 Å². The Morgan fingerprint density at radius 1 is 0.849 bits per heavy atom. The molecule has 0 bridgehead atoms. The van der Waals surface area contributed by atoms with Crippen molar-refractivity contribution in [1.29, 1.82) is 0 Å². The highest BCUT2D eigenvalue weighted by atomic mass is 16.5. The number of aromatic amines is 1. The highest BCUT2D eigenvalue weighted by molar-refractivity contribution is 6.12. The van der Waals surface area contributed by atoms with Crippen molar-refractivity contribution < 1.29 is 28.8 Å². The Bertz CT molecular complexity index is 3090. The van der Waals surface area contributed by atoms with Gasteiger partial charge < -0.3 is 29.9 Å². The fourth-order valence-corrected chi connectivity index (χ4v) is 11.9. The van der Waals surface area contributed by atoms with Crippen molar-refractivity contribution in [2.75, 3.05) is 37.7 Å². The number of unbranched alkanes of at least 4 members (excludes halogenated alkanes) is 4. The van der Waals surface area contributed by atoms with Crippen LogP contribution in [-0.4, -0.2) is 75.5 Å². The van der Waals surface area contributed by atoms with E-state index in [1.54, 1.807) is 18.2 Å². The number of fused-ring (bicyclic) bond motifs is 7. The highest BCUT2D eigenvalue weighted by Crippen LogP contribution is 2.49. The predicted molar refractivity (Wildman–Crippen MR) is 294 cm³/mol. The Kier molecular flexibility index (Phi) is 14.8. The van der Waals surface area contributed by atoms with Gasteiger partial charge in [0, 0.05) is 102 Å². The van der Waals surface area contributed by atoms with Gasteiger partial charge in [-0.2, -0.15) is 4.58 Å². The second-order valence-electron chi connectivity index (χ2n) is 21.6. The summed E-state index contributed by atoms with van der Waals surface area (Å²) < 4.78 is 8.54. The summed E-state index contributed by atoms with van der Waals surface area (Å²) in [4.78, 5) is 47.5. The molecule has 0 fully saturated rings. The number of phenolic OH excluding ortho intramolecular Hbond substituents is 1. The van der Waals surface area contributed by atoms with E-state index in [9.17, 15) is 19.5 Å². The summed E-state index contributed by atoms with van der Waals surface area (Å²) >= 11 is 0. The molecule has 0 unspecified atom stereocenters. The van der Waals surface area contributed by atoms with Gasteiger partial charge in [0.2, 0.25) is 11.6 Å². The molecule has 1 atom stereocenters. The number of carbonyl (C=O) groups excluding carboxylic acids is 3. The van der Waals surface area contributed by atoms with Crippen LogP contribution in [0.15, 0.2) is 138 Å². The Morgan fingerprint density at radius 3 is 2.40 bits per heavy atom. The third kappa shape index (κ3) is 9.97. The minimum Gasteiger partial charge on any atom is -0.507 e. The second kappa shape index (κ2) is 21.3. The number of anilines is 1. The maximum atomic E-state index is 13.4. The summed E-state index contributed by atoms with van der Waals surface area (Å²) in [6.07, 6.45) is 18.8. The lowest BCUT2D eigenvalue weighted by Crippen LogP contribution is -2.48. The van der Waals surface area contributed by atoms with E-state index in [-0.39, 0.29) is 40.7 Å². The summed E-state index contributed by atoms with van der Waals surface area (Å²) in [7, 11) is 0. The van der Waals surface area contributed by atoms with Gasteiger partial charge in [-0.3, -0.25) is 14.4 Å². The third-order valence-electron chi connectivity index (χ3n) is 16.1. The number of hydrogen-bond acceptors (Lipinski definition) is 7. The van der Waals surface area contributed by atoms with Gasteiger partial charge in [0.25, 0.3) is 0 Å². The van der Waals surface area contributed by atoms with Crippen LogP contribution in [0.4, 0.5) is 11.4 Å². The second-order valence-corrected chi connectivity index (χ2v) is 21.6. The monoisotopic (exact) mass is 981 g/mol. The number of amides is 1. The molecule has 0 saturated heterocycles. The van der Waals surface area contributed by atoms with Gasteiger partial charge in [0.15, 0.2) is 17.3 Å². The number of phenols is 1. The number of allylic oxidation sites excluding steroid dienone is 6. The standard InChI is InChI=1S/C63H73N5O5/c1-8-36-67-53-26-16-14-24-50(53)61(3,4)56(67)29-21-30-57-62(5,6)51-25-15-17-27-54(51)68(57)37-20-10-12-31-58(71)64-35-19-9-11-22-45(69)42-73-46-32-33-52-49(40-46)47-34-38-66-41-44(39-43(2)63(66,7)60(47)65-52)59(72)48-23-13-18-28-55(48)70/h13-18,21,23-30,32-33,39-41,65H,8-12,19-20,22,31,34-38,42H2,1-7H3,(H-,64,70,71,72)/p+1/t63-/m1/s1. The van der Waals surface area contributed by atoms with Crippen LogP contribution in [0.5, 0.6) is 11.5 Å². The quantitative estimate of drug-likeness (QED) is 0.0381. The van der Waals surface area contributed by atoms with Crippen molar-refractivity contribution in [2.45, 2.75) is 129 Å². The SMILES string of the molecule is CCC[N+]1=C(C=CC=C2N(CCCCCC(=O)NCCCCCC(=O)COc3ccc4[nH]c5c(c4c3)CCN3C=C(C(=O)c4ccccc4O)C=C(C)[C@]53C)c3ccccc3C2(C)C)C(C)(C)c2ccccc21. The number of para-hydroxylation sites is 3. The van der Waals surface area contributed by atoms with E-state index in [4.69, 9.17) is 4.74 Å². The molecule has 5 heterocycles. The molecule has 0 saturated carbocycles. The number of aromatic hydroxyl groups is 1. The Balaban J connectivity index is 0.693. The summed E-state index contributed by atoms with van der Waals surface area (Å²) in [5, 5.41) is 14.5. The van der Waals surface area contributed by atoms with Gasteiger partial charge in [-0.1, -0.05) is 88.2 Å². The summed E-state index contributed by atoms with van der Waals surface area (Å²) in [6.45, 7) is 19.0. The van der Waals surface area contributed by atoms with Crippen LogP contribution in [0.1, 0.15) is 139 Å². The minimum absolute atomic E-state index is 0.0170. The Hall–Kier alpha value is -6.94. The minimum atomic E-state index is -0.477. The van der Waals surface area contributed by atoms with Gasteiger partial charge in [-0.25, -0.2) is 0 Å². The zero-order valence-corrected chi connectivity index (χ0v) is 44.1. The van der Waals surface area contributed by atoms with Crippen LogP contribution < -0.4 is 15.0 Å². The van der Waals surface area contributed by atoms with Gasteiger partial charge in [-0.05, 0) is 125 Å². The number of ether oxygens (including phenoxy) is 1. The molecule has 10 heteroatoms. The summed E-state index contributed by atoms with van der Waals surface area (Å²) in [6, 6.07) is 30.2. The van der Waals surface area contributed by atoms with E-state index in [0.717, 1.165) is 86.6 Å². The van der Waals surface area contributed by atoms with Gasteiger partial charge in [0.05, 0.1) is 16.5 Å². The third-order valence-corrected chi connectivity index (χ3v) is 16.1. The molecule has 0 radical (unpaired) electrons. The van der Waals surface area contributed by atoms with Gasteiger partial charge in [-0.15, -0.1) is 0 Å². The van der Waals surface area contributed by atoms with Gasteiger partial charge >= 0.3 is 0 Å². The van der Waals surface area contributed by atoms with Crippen LogP contribution in [0.3, 0.4) is 0 Å². The van der Waals surface area contributed by atoms with E-state index < -0.39 is 5.54 Å². The summed E-state index contributed by atoms with van der Waals surface area (Å²) in [5.41, 5.74) is 12.4. The first-order chi connectivity index (χ1) is 35.1. The fraction of sp³-hybridized carbons (Fsp3) is 0.397. The number of nitrogens with zero attached hydrogens (tertiary/aromatic N) is 3. The largest absolute Gasteiger partial charge is 0.507 e. The van der Waals surface area contributed by atoms with Crippen molar-refractivity contribution in [3.63, 3.8) is 0 Å². The van der Waals surface area contributed by atoms with E-state index >= 15 is 0 Å². The first-order valence-corrected chi connectivity index (χ1v) is 26.7. The molecule has 5 aromatic rings. The number of carbonyl (C=O) groups is 3.